The SMILES string of the molecule is Cc1ncc(CNC2=NCCN2C)s1. The van der Waals surface area contributed by atoms with Crippen LogP contribution in [0.25, 0.3) is 0 Å². The Bertz CT molecular complexity index is 344. The largest absolute Gasteiger partial charge is 0.351 e. The molecule has 76 valence electrons. The lowest BCUT2D eigenvalue weighted by Crippen LogP contribution is -2.34. The van der Waals surface area contributed by atoms with Gasteiger partial charge < -0.3 is 10.2 Å². The lowest BCUT2D eigenvalue weighted by atomic mass is 10.5. The van der Waals surface area contributed by atoms with Crippen LogP contribution in [0, 0.1) is 6.92 Å². The topological polar surface area (TPSA) is 40.5 Å². The monoisotopic (exact) mass is 210 g/mol. The second kappa shape index (κ2) is 3.96. The van der Waals surface area contributed by atoms with Gasteiger partial charge in [-0.05, 0) is 6.92 Å². The third-order valence-corrected chi connectivity index (χ3v) is 3.06. The highest BCUT2D eigenvalue weighted by atomic mass is 32.1. The van der Waals surface area contributed by atoms with Gasteiger partial charge in [0.15, 0.2) is 5.96 Å². The van der Waals surface area contributed by atoms with Crippen LogP contribution in [0.4, 0.5) is 0 Å². The van der Waals surface area contributed by atoms with Crippen LogP contribution in [-0.4, -0.2) is 36.0 Å². The van der Waals surface area contributed by atoms with Crippen LogP contribution in [0.3, 0.4) is 0 Å². The zero-order chi connectivity index (χ0) is 9.97. The molecule has 0 saturated carbocycles. The molecule has 2 heterocycles. The molecule has 4 nitrogen and oxygen atoms in total. The number of aryl methyl sites for hydroxylation is 1. The highest BCUT2D eigenvalue weighted by Crippen LogP contribution is 2.11. The van der Waals surface area contributed by atoms with Gasteiger partial charge in [-0.1, -0.05) is 0 Å². The highest BCUT2D eigenvalue weighted by Gasteiger charge is 2.11. The summed E-state index contributed by atoms with van der Waals surface area (Å²) in [7, 11) is 2.05. The minimum atomic E-state index is 0.828. The van der Waals surface area contributed by atoms with Gasteiger partial charge >= 0.3 is 0 Å². The number of hydrogen-bond acceptors (Lipinski definition) is 5. The maximum absolute atomic E-state index is 4.35. The first-order valence-corrected chi connectivity index (χ1v) is 5.48. The van der Waals surface area contributed by atoms with Crippen LogP contribution in [0.2, 0.25) is 0 Å². The number of guanidine groups is 1. The van der Waals surface area contributed by atoms with Gasteiger partial charge in [-0.2, -0.15) is 0 Å². The molecule has 0 radical (unpaired) electrons. The molecule has 2 rings (SSSR count). The number of nitrogens with one attached hydrogen (secondary N) is 1. The summed E-state index contributed by atoms with van der Waals surface area (Å²) in [5.41, 5.74) is 0. The second-order valence-corrected chi connectivity index (χ2v) is 4.65. The zero-order valence-corrected chi connectivity index (χ0v) is 9.27. The lowest BCUT2D eigenvalue weighted by molar-refractivity contribution is 0.534. The second-order valence-electron chi connectivity index (χ2n) is 3.33. The highest BCUT2D eigenvalue weighted by molar-refractivity contribution is 7.11. The van der Waals surface area contributed by atoms with Gasteiger partial charge in [0.05, 0.1) is 18.1 Å². The molecule has 14 heavy (non-hydrogen) atoms. The molecule has 5 heteroatoms. The number of likely N-dealkylation sites (N-methyl/N-ethyl adjacent to an activating group) is 1. The van der Waals surface area contributed by atoms with Crippen molar-refractivity contribution in [2.45, 2.75) is 13.5 Å². The number of thiazole rings is 1. The average Bonchev–Trinajstić information content (AvgIpc) is 2.72. The molecule has 0 bridgehead atoms. The van der Waals surface area contributed by atoms with E-state index in [9.17, 15) is 0 Å². The predicted octanol–water partition coefficient (Wildman–Crippen LogP) is 0.843. The van der Waals surface area contributed by atoms with Gasteiger partial charge in [-0.25, -0.2) is 4.98 Å². The van der Waals surface area contributed by atoms with Gasteiger partial charge in [0.1, 0.15) is 0 Å². The van der Waals surface area contributed by atoms with Gasteiger partial charge in [0.25, 0.3) is 0 Å². The van der Waals surface area contributed by atoms with Gasteiger partial charge in [0.2, 0.25) is 0 Å². The van der Waals surface area contributed by atoms with Crippen LogP contribution < -0.4 is 5.32 Å². The fourth-order valence-corrected chi connectivity index (χ4v) is 2.11. The van der Waals surface area contributed by atoms with Crippen molar-refractivity contribution in [2.24, 2.45) is 4.99 Å². The molecule has 1 aliphatic heterocycles. The van der Waals surface area contributed by atoms with E-state index in [1.807, 2.05) is 13.1 Å². The van der Waals surface area contributed by atoms with Gasteiger partial charge in [-0.15, -0.1) is 11.3 Å². The Hall–Kier alpha value is -1.10. The first-order valence-electron chi connectivity index (χ1n) is 4.66. The molecule has 0 unspecified atom stereocenters. The van der Waals surface area contributed by atoms with Crippen molar-refractivity contribution >= 4 is 17.3 Å². The van der Waals surface area contributed by atoms with Crippen molar-refractivity contribution in [1.29, 1.82) is 0 Å². The van der Waals surface area contributed by atoms with E-state index in [0.717, 1.165) is 30.6 Å². The maximum Gasteiger partial charge on any atom is 0.194 e. The summed E-state index contributed by atoms with van der Waals surface area (Å²) in [6.45, 7) is 4.77. The average molecular weight is 210 g/mol. The Kier molecular flexibility index (Phi) is 2.67. The molecule has 0 aliphatic carbocycles. The van der Waals surface area contributed by atoms with Crippen LogP contribution in [-0.2, 0) is 6.54 Å². The molecule has 0 fully saturated rings. The fraction of sp³-hybridized carbons (Fsp3) is 0.556. The van der Waals surface area contributed by atoms with E-state index >= 15 is 0 Å². The Labute approximate surface area is 87.7 Å². The predicted molar refractivity (Wildman–Crippen MR) is 58.6 cm³/mol. The number of aliphatic imine (C=N–C) groups is 1. The van der Waals surface area contributed by atoms with Crippen LogP contribution in [0.15, 0.2) is 11.2 Å². The fourth-order valence-electron chi connectivity index (χ4n) is 1.38. The maximum atomic E-state index is 4.35. The van der Waals surface area contributed by atoms with E-state index in [-0.39, 0.29) is 0 Å². The normalized spacial score (nSPS) is 15.9. The Morgan fingerprint density at radius 2 is 2.50 bits per heavy atom. The molecule has 1 aliphatic rings. The first-order chi connectivity index (χ1) is 6.75. The van der Waals surface area contributed by atoms with Crippen molar-refractivity contribution in [2.75, 3.05) is 20.1 Å². The number of hydrogen-bond donors (Lipinski definition) is 1. The quantitative estimate of drug-likeness (QED) is 0.786. The third-order valence-electron chi connectivity index (χ3n) is 2.15. The van der Waals surface area contributed by atoms with Gasteiger partial charge in [-0.3, -0.25) is 4.99 Å². The number of rotatable bonds is 2. The van der Waals surface area contributed by atoms with Crippen molar-refractivity contribution < 1.29 is 0 Å². The molecule has 0 atom stereocenters. The molecular weight excluding hydrogens is 196 g/mol. The molecule has 0 amide bonds. The Balaban J connectivity index is 1.88. The number of nitrogens with zero attached hydrogens (tertiary/aromatic N) is 3. The number of aromatic nitrogens is 1. The summed E-state index contributed by atoms with van der Waals surface area (Å²) in [5, 5.41) is 4.42. The Morgan fingerprint density at radius 1 is 1.64 bits per heavy atom. The summed E-state index contributed by atoms with van der Waals surface area (Å²) in [5.74, 6) is 0.996. The van der Waals surface area contributed by atoms with Crippen molar-refractivity contribution in [1.82, 2.24) is 15.2 Å². The van der Waals surface area contributed by atoms with E-state index in [2.05, 4.69) is 27.2 Å². The van der Waals surface area contributed by atoms with E-state index in [4.69, 9.17) is 0 Å². The van der Waals surface area contributed by atoms with Crippen LogP contribution >= 0.6 is 11.3 Å². The molecule has 0 spiro atoms. The summed E-state index contributed by atoms with van der Waals surface area (Å²) < 4.78 is 0. The Morgan fingerprint density at radius 3 is 3.07 bits per heavy atom. The minimum absolute atomic E-state index is 0.828. The molecule has 1 N–H and O–H groups in total. The summed E-state index contributed by atoms with van der Waals surface area (Å²) in [6.07, 6.45) is 1.92. The van der Waals surface area contributed by atoms with Crippen molar-refractivity contribution in [3.63, 3.8) is 0 Å². The van der Waals surface area contributed by atoms with Gasteiger partial charge in [0, 0.05) is 24.7 Å². The molecule has 0 aromatic carbocycles. The van der Waals surface area contributed by atoms with Crippen molar-refractivity contribution in [3.8, 4) is 0 Å². The molecule has 1 aromatic heterocycles. The summed E-state index contributed by atoms with van der Waals surface area (Å²) in [4.78, 5) is 11.9. The van der Waals surface area contributed by atoms with E-state index in [0.29, 0.717) is 0 Å². The first kappa shape index (κ1) is 9.45. The van der Waals surface area contributed by atoms with E-state index in [1.165, 1.54) is 4.88 Å². The van der Waals surface area contributed by atoms with Crippen LogP contribution in [0.5, 0.6) is 0 Å². The molecule has 1 aromatic rings. The smallest absolute Gasteiger partial charge is 0.194 e. The summed E-state index contributed by atoms with van der Waals surface area (Å²) >= 11 is 1.73. The van der Waals surface area contributed by atoms with Crippen LogP contribution in [0.1, 0.15) is 9.88 Å². The zero-order valence-electron chi connectivity index (χ0n) is 8.45. The van der Waals surface area contributed by atoms with E-state index < -0.39 is 0 Å². The standard InChI is InChI=1S/C9H14N4S/c1-7-11-5-8(14-7)6-12-9-10-3-4-13(9)2/h5H,3-4,6H2,1-2H3,(H,10,12). The molecular formula is C9H14N4S. The summed E-state index contributed by atoms with van der Waals surface area (Å²) in [6, 6.07) is 0. The minimum Gasteiger partial charge on any atom is -0.351 e. The van der Waals surface area contributed by atoms with E-state index in [1.54, 1.807) is 11.3 Å². The lowest BCUT2D eigenvalue weighted by Gasteiger charge is -2.14. The van der Waals surface area contributed by atoms with Crippen molar-refractivity contribution in [3.05, 3.63) is 16.1 Å². The third kappa shape index (κ3) is 2.04. The molecule has 0 saturated heterocycles.